The highest BCUT2D eigenvalue weighted by Crippen LogP contribution is 2.16. The van der Waals surface area contributed by atoms with Crippen LogP contribution in [0.25, 0.3) is 0 Å². The summed E-state index contributed by atoms with van der Waals surface area (Å²) in [7, 11) is 0. The molecule has 0 aromatic carbocycles. The van der Waals surface area contributed by atoms with Crippen molar-refractivity contribution in [1.29, 1.82) is 0 Å². The maximum Gasteiger partial charge on any atom is 0.157 e. The van der Waals surface area contributed by atoms with Gasteiger partial charge >= 0.3 is 0 Å². The van der Waals surface area contributed by atoms with Gasteiger partial charge in [0.05, 0.1) is 6.10 Å². The second-order valence-corrected chi connectivity index (χ2v) is 3.27. The third-order valence-corrected chi connectivity index (χ3v) is 2.02. The fraction of sp³-hybridized carbons (Fsp3) is 0.800. The molecule has 1 saturated heterocycles. The van der Waals surface area contributed by atoms with Crippen molar-refractivity contribution < 1.29 is 9.47 Å². The molecule has 0 aromatic rings. The van der Waals surface area contributed by atoms with Gasteiger partial charge in [-0.2, -0.15) is 0 Å². The van der Waals surface area contributed by atoms with Gasteiger partial charge in [0, 0.05) is 6.61 Å². The van der Waals surface area contributed by atoms with Crippen molar-refractivity contribution in [3.63, 3.8) is 0 Å². The van der Waals surface area contributed by atoms with Crippen LogP contribution in [0.4, 0.5) is 0 Å². The molecule has 0 saturated carbocycles. The fourth-order valence-corrected chi connectivity index (χ4v) is 1.37. The molecule has 0 radical (unpaired) electrons. The predicted octanol–water partition coefficient (Wildman–Crippen LogP) is 2.49. The Kier molecular flexibility index (Phi) is 4.33. The Hall–Kier alpha value is -0.340. The Morgan fingerprint density at radius 3 is 3.08 bits per heavy atom. The van der Waals surface area contributed by atoms with E-state index in [9.17, 15) is 0 Å². The van der Waals surface area contributed by atoms with E-state index in [1.807, 2.05) is 6.08 Å². The Bertz CT molecular complexity index is 128. The van der Waals surface area contributed by atoms with Crippen LogP contribution in [0.5, 0.6) is 0 Å². The molecule has 0 bridgehead atoms. The number of rotatable bonds is 4. The van der Waals surface area contributed by atoms with E-state index in [0.29, 0.717) is 0 Å². The second kappa shape index (κ2) is 5.33. The molecule has 1 aliphatic heterocycles. The van der Waals surface area contributed by atoms with Gasteiger partial charge in [-0.3, -0.25) is 0 Å². The van der Waals surface area contributed by atoms with E-state index >= 15 is 0 Å². The summed E-state index contributed by atoms with van der Waals surface area (Å²) in [5.74, 6) is 0. The minimum Gasteiger partial charge on any atom is -0.353 e. The zero-order valence-corrected chi connectivity index (χ0v) is 7.79. The lowest BCUT2D eigenvalue weighted by atomic mass is 10.2. The van der Waals surface area contributed by atoms with Crippen LogP contribution in [0.1, 0.15) is 32.6 Å². The molecule has 0 aliphatic carbocycles. The normalized spacial score (nSPS) is 26.6. The summed E-state index contributed by atoms with van der Waals surface area (Å²) in [6.07, 6.45) is 6.51. The lowest BCUT2D eigenvalue weighted by Gasteiger charge is -2.25. The van der Waals surface area contributed by atoms with Crippen molar-refractivity contribution in [3.8, 4) is 0 Å². The highest BCUT2D eigenvalue weighted by atomic mass is 16.7. The molecule has 0 aromatic heterocycles. The first-order valence-corrected chi connectivity index (χ1v) is 4.71. The van der Waals surface area contributed by atoms with E-state index in [4.69, 9.17) is 9.47 Å². The maximum atomic E-state index is 5.64. The summed E-state index contributed by atoms with van der Waals surface area (Å²) >= 11 is 0. The smallest absolute Gasteiger partial charge is 0.157 e. The topological polar surface area (TPSA) is 18.5 Å². The molecule has 1 heterocycles. The average molecular weight is 170 g/mol. The molecule has 2 nitrogen and oxygen atoms in total. The quantitative estimate of drug-likeness (QED) is 0.603. The van der Waals surface area contributed by atoms with Gasteiger partial charge in [-0.15, -0.1) is 6.58 Å². The van der Waals surface area contributed by atoms with Crippen molar-refractivity contribution in [2.45, 2.75) is 45.0 Å². The molecular formula is C10H18O2. The zero-order valence-electron chi connectivity index (χ0n) is 7.79. The lowest BCUT2D eigenvalue weighted by Crippen LogP contribution is -2.26. The third kappa shape index (κ3) is 3.37. The fourth-order valence-electron chi connectivity index (χ4n) is 1.37. The van der Waals surface area contributed by atoms with E-state index in [0.717, 1.165) is 19.4 Å². The highest BCUT2D eigenvalue weighted by Gasteiger charge is 2.16. The monoisotopic (exact) mass is 170 g/mol. The van der Waals surface area contributed by atoms with Gasteiger partial charge in [-0.05, 0) is 32.6 Å². The van der Waals surface area contributed by atoms with Gasteiger partial charge in [-0.25, -0.2) is 0 Å². The van der Waals surface area contributed by atoms with Crippen molar-refractivity contribution >= 4 is 0 Å². The molecular weight excluding hydrogens is 152 g/mol. The summed E-state index contributed by atoms with van der Waals surface area (Å²) in [5, 5.41) is 0. The summed E-state index contributed by atoms with van der Waals surface area (Å²) in [6, 6.07) is 0. The van der Waals surface area contributed by atoms with Crippen molar-refractivity contribution in [3.05, 3.63) is 12.7 Å². The summed E-state index contributed by atoms with van der Waals surface area (Å²) < 4.78 is 11.1. The zero-order chi connectivity index (χ0) is 8.81. The van der Waals surface area contributed by atoms with Gasteiger partial charge in [0.2, 0.25) is 0 Å². The maximum absolute atomic E-state index is 5.64. The molecule has 2 heteroatoms. The summed E-state index contributed by atoms with van der Waals surface area (Å²) in [4.78, 5) is 0. The number of hydrogen-bond donors (Lipinski definition) is 0. The van der Waals surface area contributed by atoms with Gasteiger partial charge in [0.15, 0.2) is 6.29 Å². The molecule has 0 amide bonds. The molecule has 70 valence electrons. The third-order valence-electron chi connectivity index (χ3n) is 2.02. The van der Waals surface area contributed by atoms with E-state index < -0.39 is 0 Å². The summed E-state index contributed by atoms with van der Waals surface area (Å²) in [5.41, 5.74) is 0. The number of hydrogen-bond acceptors (Lipinski definition) is 2. The van der Waals surface area contributed by atoms with Crippen LogP contribution < -0.4 is 0 Å². The van der Waals surface area contributed by atoms with Crippen molar-refractivity contribution in [2.75, 3.05) is 6.61 Å². The van der Waals surface area contributed by atoms with Crippen molar-refractivity contribution in [1.82, 2.24) is 0 Å². The first-order chi connectivity index (χ1) is 5.83. The average Bonchev–Trinajstić information content (AvgIpc) is 2.06. The van der Waals surface area contributed by atoms with E-state index in [1.54, 1.807) is 0 Å². The van der Waals surface area contributed by atoms with E-state index in [-0.39, 0.29) is 12.4 Å². The molecule has 2 unspecified atom stereocenters. The predicted molar refractivity (Wildman–Crippen MR) is 49.0 cm³/mol. The van der Waals surface area contributed by atoms with Crippen LogP contribution in [0.15, 0.2) is 12.7 Å². The van der Waals surface area contributed by atoms with Crippen LogP contribution in [0.2, 0.25) is 0 Å². The summed E-state index contributed by atoms with van der Waals surface area (Å²) in [6.45, 7) is 6.58. The van der Waals surface area contributed by atoms with Gasteiger partial charge in [0.25, 0.3) is 0 Å². The second-order valence-electron chi connectivity index (χ2n) is 3.27. The molecule has 0 spiro atoms. The van der Waals surface area contributed by atoms with Crippen LogP contribution in [0.3, 0.4) is 0 Å². The SMILES string of the molecule is C=CCC(C)OC1CCCCO1. The Labute approximate surface area is 74.6 Å². The molecule has 1 rings (SSSR count). The molecule has 12 heavy (non-hydrogen) atoms. The Balaban J connectivity index is 2.15. The van der Waals surface area contributed by atoms with E-state index in [2.05, 4.69) is 13.5 Å². The van der Waals surface area contributed by atoms with Crippen molar-refractivity contribution in [2.24, 2.45) is 0 Å². The first kappa shape index (κ1) is 9.75. The minimum atomic E-state index is 0.0358. The minimum absolute atomic E-state index is 0.0358. The van der Waals surface area contributed by atoms with Gasteiger partial charge in [0.1, 0.15) is 0 Å². The number of ether oxygens (including phenoxy) is 2. The lowest BCUT2D eigenvalue weighted by molar-refractivity contribution is -0.183. The van der Waals surface area contributed by atoms with Gasteiger partial charge in [-0.1, -0.05) is 6.08 Å². The van der Waals surface area contributed by atoms with Gasteiger partial charge < -0.3 is 9.47 Å². The molecule has 1 aliphatic rings. The highest BCUT2D eigenvalue weighted by molar-refractivity contribution is 4.71. The molecule has 1 fully saturated rings. The first-order valence-electron chi connectivity index (χ1n) is 4.71. The van der Waals surface area contributed by atoms with E-state index in [1.165, 1.54) is 12.8 Å². The van der Waals surface area contributed by atoms with Crippen LogP contribution in [-0.4, -0.2) is 19.0 Å². The Morgan fingerprint density at radius 1 is 1.67 bits per heavy atom. The van der Waals surface area contributed by atoms with Crippen LogP contribution in [-0.2, 0) is 9.47 Å². The van der Waals surface area contributed by atoms with Crippen LogP contribution in [0, 0.1) is 0 Å². The van der Waals surface area contributed by atoms with Crippen LogP contribution >= 0.6 is 0 Å². The molecule has 2 atom stereocenters. The largest absolute Gasteiger partial charge is 0.353 e. The molecule has 0 N–H and O–H groups in total. The Morgan fingerprint density at radius 2 is 2.50 bits per heavy atom. The standard InChI is InChI=1S/C10H18O2/c1-3-6-9(2)12-10-7-4-5-8-11-10/h3,9-10H,1,4-8H2,2H3.